The molecular formula is C21H24N2. The molecule has 0 amide bonds. The van der Waals surface area contributed by atoms with E-state index in [1.807, 2.05) is 30.5 Å². The molecule has 2 aromatic carbocycles. The first-order valence-corrected chi connectivity index (χ1v) is 8.14. The minimum Gasteiger partial charge on any atom is -0.371 e. The Hall–Kier alpha value is -2.35. The number of anilines is 1. The van der Waals surface area contributed by atoms with Crippen molar-refractivity contribution < 1.29 is 0 Å². The van der Waals surface area contributed by atoms with Crippen LogP contribution in [0, 0.1) is 0 Å². The highest BCUT2D eigenvalue weighted by atomic mass is 15.2. The van der Waals surface area contributed by atoms with Crippen LogP contribution in [0.15, 0.2) is 66.9 Å². The Morgan fingerprint density at radius 3 is 2.30 bits per heavy atom. The summed E-state index contributed by atoms with van der Waals surface area (Å²) in [4.78, 5) is 6.55. The molecule has 0 aliphatic carbocycles. The molecule has 0 radical (unpaired) electrons. The predicted molar refractivity (Wildman–Crippen MR) is 99.1 cm³/mol. The number of nitrogens with zero attached hydrogens (tertiary/aromatic N) is 2. The maximum absolute atomic E-state index is 4.18. The number of hydrogen-bond acceptors (Lipinski definition) is 2. The Morgan fingerprint density at radius 1 is 0.913 bits per heavy atom. The van der Waals surface area contributed by atoms with Crippen LogP contribution < -0.4 is 4.90 Å². The normalized spacial score (nSPS) is 18.3. The first-order valence-electron chi connectivity index (χ1n) is 8.14. The summed E-state index contributed by atoms with van der Waals surface area (Å²) in [6.45, 7) is 6.93. The van der Waals surface area contributed by atoms with Crippen LogP contribution in [-0.2, 0) is 5.41 Å². The molecule has 1 unspecified atom stereocenters. The third-order valence-electron chi connectivity index (χ3n) is 5.12. The predicted octanol–water partition coefficient (Wildman–Crippen LogP) is 5.04. The summed E-state index contributed by atoms with van der Waals surface area (Å²) in [5.41, 5.74) is 4.21. The lowest BCUT2D eigenvalue weighted by Gasteiger charge is -2.28. The van der Waals surface area contributed by atoms with E-state index >= 15 is 0 Å². The molecular weight excluding hydrogens is 280 g/mol. The fourth-order valence-corrected chi connectivity index (χ4v) is 3.26. The molecule has 1 aliphatic rings. The van der Waals surface area contributed by atoms with Crippen molar-refractivity contribution in [1.29, 1.82) is 0 Å². The SMILES string of the molecule is CC1N(C)c2ccccc2C1(C)C.c1ccc2ncccc2c1. The van der Waals surface area contributed by atoms with Crippen LogP contribution >= 0.6 is 0 Å². The monoisotopic (exact) mass is 304 g/mol. The van der Waals surface area contributed by atoms with Crippen LogP contribution in [-0.4, -0.2) is 18.1 Å². The van der Waals surface area contributed by atoms with Gasteiger partial charge in [-0.3, -0.25) is 4.98 Å². The second kappa shape index (κ2) is 6.04. The van der Waals surface area contributed by atoms with Gasteiger partial charge in [-0.25, -0.2) is 0 Å². The highest BCUT2D eigenvalue weighted by Gasteiger charge is 2.39. The minimum atomic E-state index is 0.283. The highest BCUT2D eigenvalue weighted by molar-refractivity contribution is 5.77. The number of para-hydroxylation sites is 2. The van der Waals surface area contributed by atoms with Gasteiger partial charge in [-0.1, -0.05) is 56.3 Å². The molecule has 0 fully saturated rings. The maximum Gasteiger partial charge on any atom is 0.0701 e. The summed E-state index contributed by atoms with van der Waals surface area (Å²) < 4.78 is 0. The molecule has 1 aliphatic heterocycles. The summed E-state index contributed by atoms with van der Waals surface area (Å²) >= 11 is 0. The highest BCUT2D eigenvalue weighted by Crippen LogP contribution is 2.43. The van der Waals surface area contributed by atoms with Crippen molar-refractivity contribution in [1.82, 2.24) is 4.98 Å². The van der Waals surface area contributed by atoms with Crippen LogP contribution in [0.25, 0.3) is 10.9 Å². The second-order valence-corrected chi connectivity index (χ2v) is 6.72. The summed E-state index contributed by atoms with van der Waals surface area (Å²) in [7, 11) is 2.18. The summed E-state index contributed by atoms with van der Waals surface area (Å²) in [5.74, 6) is 0. The summed E-state index contributed by atoms with van der Waals surface area (Å²) in [6.07, 6.45) is 1.81. The van der Waals surface area contributed by atoms with Gasteiger partial charge in [-0.15, -0.1) is 0 Å². The van der Waals surface area contributed by atoms with Crippen LogP contribution in [0.5, 0.6) is 0 Å². The Morgan fingerprint density at radius 2 is 1.57 bits per heavy atom. The molecule has 2 heteroatoms. The molecule has 23 heavy (non-hydrogen) atoms. The number of rotatable bonds is 0. The lowest BCUT2D eigenvalue weighted by atomic mass is 9.81. The summed E-state index contributed by atoms with van der Waals surface area (Å²) in [5, 5.41) is 1.20. The molecule has 0 bridgehead atoms. The van der Waals surface area contributed by atoms with E-state index < -0.39 is 0 Å². The minimum absolute atomic E-state index is 0.283. The quantitative estimate of drug-likeness (QED) is 0.578. The van der Waals surface area contributed by atoms with Gasteiger partial charge in [0.25, 0.3) is 0 Å². The van der Waals surface area contributed by atoms with Crippen molar-refractivity contribution in [2.75, 3.05) is 11.9 Å². The van der Waals surface area contributed by atoms with Crippen LogP contribution in [0.1, 0.15) is 26.3 Å². The van der Waals surface area contributed by atoms with E-state index in [4.69, 9.17) is 0 Å². The van der Waals surface area contributed by atoms with Gasteiger partial charge < -0.3 is 4.90 Å². The molecule has 4 rings (SSSR count). The molecule has 0 spiro atoms. The zero-order valence-corrected chi connectivity index (χ0v) is 14.3. The topological polar surface area (TPSA) is 16.1 Å². The van der Waals surface area contributed by atoms with Crippen molar-refractivity contribution in [3.8, 4) is 0 Å². The maximum atomic E-state index is 4.18. The van der Waals surface area contributed by atoms with Crippen LogP contribution in [0.2, 0.25) is 0 Å². The number of pyridine rings is 1. The average Bonchev–Trinajstić information content (AvgIpc) is 2.77. The Bertz CT molecular complexity index is 742. The molecule has 1 aromatic heterocycles. The third kappa shape index (κ3) is 2.81. The second-order valence-electron chi connectivity index (χ2n) is 6.72. The van der Waals surface area contributed by atoms with E-state index in [1.54, 1.807) is 0 Å². The van der Waals surface area contributed by atoms with Gasteiger partial charge in [0.05, 0.1) is 5.52 Å². The van der Waals surface area contributed by atoms with Crippen LogP contribution in [0.3, 0.4) is 0 Å². The number of benzene rings is 2. The molecule has 118 valence electrons. The van der Waals surface area contributed by atoms with E-state index in [0.29, 0.717) is 6.04 Å². The molecule has 0 saturated carbocycles. The first-order chi connectivity index (χ1) is 11.0. The van der Waals surface area contributed by atoms with Gasteiger partial charge in [-0.05, 0) is 30.7 Å². The van der Waals surface area contributed by atoms with E-state index in [2.05, 4.69) is 74.1 Å². The van der Waals surface area contributed by atoms with Crippen molar-refractivity contribution >= 4 is 16.6 Å². The zero-order valence-electron chi connectivity index (χ0n) is 14.3. The van der Waals surface area contributed by atoms with Gasteiger partial charge in [-0.2, -0.15) is 0 Å². The zero-order chi connectivity index (χ0) is 16.4. The van der Waals surface area contributed by atoms with E-state index in [0.717, 1.165) is 5.52 Å². The number of likely N-dealkylation sites (N-methyl/N-ethyl adjacent to an activating group) is 1. The Kier molecular flexibility index (Phi) is 4.08. The molecule has 0 N–H and O–H groups in total. The molecule has 0 saturated heterocycles. The smallest absolute Gasteiger partial charge is 0.0701 e. The van der Waals surface area contributed by atoms with Gasteiger partial charge >= 0.3 is 0 Å². The lowest BCUT2D eigenvalue weighted by Crippen LogP contribution is -2.36. The lowest BCUT2D eigenvalue weighted by molar-refractivity contribution is 0.454. The molecule has 2 heterocycles. The number of hydrogen-bond donors (Lipinski definition) is 0. The molecule has 3 aromatic rings. The summed E-state index contributed by atoms with van der Waals surface area (Å²) in [6, 6.07) is 21.4. The van der Waals surface area contributed by atoms with Crippen molar-refractivity contribution in [3.05, 3.63) is 72.4 Å². The fraction of sp³-hybridized carbons (Fsp3) is 0.286. The van der Waals surface area contributed by atoms with Crippen molar-refractivity contribution in [2.24, 2.45) is 0 Å². The van der Waals surface area contributed by atoms with E-state index in [-0.39, 0.29) is 5.41 Å². The first kappa shape index (κ1) is 15.5. The van der Waals surface area contributed by atoms with Gasteiger partial charge in [0.1, 0.15) is 0 Å². The van der Waals surface area contributed by atoms with Crippen molar-refractivity contribution in [2.45, 2.75) is 32.2 Å². The molecule has 2 nitrogen and oxygen atoms in total. The number of fused-ring (bicyclic) bond motifs is 2. The Balaban J connectivity index is 0.000000140. The van der Waals surface area contributed by atoms with Gasteiger partial charge in [0.15, 0.2) is 0 Å². The Labute approximate surface area is 138 Å². The largest absolute Gasteiger partial charge is 0.371 e. The molecule has 1 atom stereocenters. The van der Waals surface area contributed by atoms with Crippen molar-refractivity contribution in [3.63, 3.8) is 0 Å². The number of aromatic nitrogens is 1. The standard InChI is InChI=1S/C12H17N.C9H7N/c1-9-12(2,3)10-7-5-6-8-11(10)13(9)4;1-2-6-9-8(4-1)5-3-7-10-9/h5-9H,1-4H3;1-7H. The van der Waals surface area contributed by atoms with Gasteiger partial charge in [0, 0.05) is 35.8 Å². The van der Waals surface area contributed by atoms with E-state index in [1.165, 1.54) is 16.6 Å². The fourth-order valence-electron chi connectivity index (χ4n) is 3.26. The van der Waals surface area contributed by atoms with E-state index in [9.17, 15) is 0 Å². The average molecular weight is 304 g/mol. The third-order valence-corrected chi connectivity index (χ3v) is 5.12. The van der Waals surface area contributed by atoms with Crippen LogP contribution in [0.4, 0.5) is 5.69 Å². The van der Waals surface area contributed by atoms with Gasteiger partial charge in [0.2, 0.25) is 0 Å².